The normalized spacial score (nSPS) is 16.4. The van der Waals surface area contributed by atoms with E-state index in [0.717, 1.165) is 35.1 Å². The van der Waals surface area contributed by atoms with Gasteiger partial charge in [-0.3, -0.25) is 0 Å². The van der Waals surface area contributed by atoms with Crippen molar-refractivity contribution in [2.75, 3.05) is 12.4 Å². The molecule has 0 spiro atoms. The highest BCUT2D eigenvalue weighted by atomic mass is 32.2. The van der Waals surface area contributed by atoms with Crippen molar-refractivity contribution in [1.82, 2.24) is 0 Å². The Balaban J connectivity index is 1.96. The van der Waals surface area contributed by atoms with Crippen LogP contribution in [-0.4, -0.2) is 31.9 Å². The number of ether oxygens (including phenoxy) is 1. The number of carboxylic acids is 1. The summed E-state index contributed by atoms with van der Waals surface area (Å²) in [5, 5.41) is 9.12. The van der Waals surface area contributed by atoms with Crippen LogP contribution in [0.15, 0.2) is 41.3 Å². The lowest BCUT2D eigenvalue weighted by Gasteiger charge is -2.20. The summed E-state index contributed by atoms with van der Waals surface area (Å²) in [5.41, 5.74) is 3.26. The molecule has 0 atom stereocenters. The summed E-state index contributed by atoms with van der Waals surface area (Å²) in [7, 11) is -3.35. The number of rotatable bonds is 10. The van der Waals surface area contributed by atoms with E-state index in [1.165, 1.54) is 19.3 Å². The number of carboxylic acid groups (broad SMARTS) is 1. The summed E-state index contributed by atoms with van der Waals surface area (Å²) < 4.78 is 31.8. The number of aromatic carboxylic acids is 1. The molecule has 5 nitrogen and oxygen atoms in total. The maximum Gasteiger partial charge on any atom is 0.335 e. The Labute approximate surface area is 197 Å². The Bertz CT molecular complexity index is 1140. The number of unbranched alkanes of at least 4 members (excludes halogenated alkanes) is 4. The second kappa shape index (κ2) is 10.1. The average Bonchev–Trinajstić information content (AvgIpc) is 2.93. The van der Waals surface area contributed by atoms with E-state index in [1.807, 2.05) is 32.9 Å². The minimum atomic E-state index is -3.35. The molecule has 6 heteroatoms. The highest BCUT2D eigenvalue weighted by molar-refractivity contribution is 7.91. The second-order valence-corrected chi connectivity index (χ2v) is 11.5. The fourth-order valence-electron chi connectivity index (χ4n) is 4.34. The summed E-state index contributed by atoms with van der Waals surface area (Å²) in [5.74, 6) is -0.283. The van der Waals surface area contributed by atoms with Crippen molar-refractivity contribution in [3.8, 4) is 5.75 Å². The van der Waals surface area contributed by atoms with Crippen molar-refractivity contribution >= 4 is 27.5 Å². The number of benzene rings is 2. The molecule has 0 saturated carbocycles. The van der Waals surface area contributed by atoms with Gasteiger partial charge in [0.25, 0.3) is 0 Å². The zero-order valence-corrected chi connectivity index (χ0v) is 20.8. The molecule has 1 aliphatic rings. The minimum absolute atomic E-state index is 0.0919. The van der Waals surface area contributed by atoms with Gasteiger partial charge in [-0.2, -0.15) is 0 Å². The van der Waals surface area contributed by atoms with Gasteiger partial charge in [-0.25, -0.2) is 13.2 Å². The van der Waals surface area contributed by atoms with Crippen LogP contribution in [-0.2, 0) is 15.3 Å². The van der Waals surface area contributed by atoms with Gasteiger partial charge in [-0.05, 0) is 54.3 Å². The van der Waals surface area contributed by atoms with Crippen LogP contribution in [0.2, 0.25) is 0 Å². The zero-order chi connectivity index (χ0) is 24.2. The molecule has 0 aromatic heterocycles. The van der Waals surface area contributed by atoms with Crippen LogP contribution in [0, 0.1) is 0 Å². The Morgan fingerprint density at radius 1 is 1.09 bits per heavy atom. The predicted octanol–water partition coefficient (Wildman–Crippen LogP) is 6.36. The summed E-state index contributed by atoms with van der Waals surface area (Å²) in [4.78, 5) is 11.5. The fraction of sp³-hybridized carbons (Fsp3) is 0.444. The third-order valence-electron chi connectivity index (χ3n) is 6.17. The van der Waals surface area contributed by atoms with Crippen molar-refractivity contribution < 1.29 is 23.1 Å². The van der Waals surface area contributed by atoms with E-state index in [1.54, 1.807) is 30.3 Å². The number of hydrogen-bond acceptors (Lipinski definition) is 4. The van der Waals surface area contributed by atoms with Gasteiger partial charge >= 0.3 is 5.97 Å². The zero-order valence-electron chi connectivity index (χ0n) is 20.0. The number of allylic oxidation sites excluding steroid dienone is 1. The summed E-state index contributed by atoms with van der Waals surface area (Å²) in [6.07, 6.45) is 7.54. The van der Waals surface area contributed by atoms with E-state index in [0.29, 0.717) is 17.3 Å². The number of carbonyl (C=O) groups is 1. The van der Waals surface area contributed by atoms with E-state index in [9.17, 15) is 13.2 Å². The first kappa shape index (κ1) is 25.0. The first-order valence-electron chi connectivity index (χ1n) is 11.6. The SMILES string of the molecule is CCCCCCCOc1cc2c(cc1/C(C)=C\c1ccc(C(=O)O)cc1)C(C)(C)CS2(=O)=O. The first-order chi connectivity index (χ1) is 15.5. The van der Waals surface area contributed by atoms with Crippen LogP contribution in [0.5, 0.6) is 5.75 Å². The minimum Gasteiger partial charge on any atom is -0.493 e. The maximum absolute atomic E-state index is 12.8. The Morgan fingerprint density at radius 2 is 1.76 bits per heavy atom. The molecule has 1 heterocycles. The van der Waals surface area contributed by atoms with Gasteiger partial charge in [-0.1, -0.05) is 64.7 Å². The molecule has 0 bridgehead atoms. The highest BCUT2D eigenvalue weighted by Crippen LogP contribution is 2.44. The summed E-state index contributed by atoms with van der Waals surface area (Å²) in [6.45, 7) is 8.60. The van der Waals surface area contributed by atoms with E-state index in [-0.39, 0.29) is 11.3 Å². The Kier molecular flexibility index (Phi) is 7.68. The molecule has 2 aromatic carbocycles. The first-order valence-corrected chi connectivity index (χ1v) is 13.3. The van der Waals surface area contributed by atoms with Gasteiger partial charge in [-0.15, -0.1) is 0 Å². The van der Waals surface area contributed by atoms with Gasteiger partial charge in [0.15, 0.2) is 9.84 Å². The molecule has 1 N–H and O–H groups in total. The van der Waals surface area contributed by atoms with Crippen LogP contribution in [0.25, 0.3) is 11.6 Å². The fourth-order valence-corrected chi connectivity index (χ4v) is 6.56. The molecule has 0 radical (unpaired) electrons. The van der Waals surface area contributed by atoms with Gasteiger partial charge in [0.05, 0.1) is 22.8 Å². The van der Waals surface area contributed by atoms with Crippen molar-refractivity contribution in [1.29, 1.82) is 0 Å². The van der Waals surface area contributed by atoms with E-state index < -0.39 is 21.2 Å². The molecule has 178 valence electrons. The van der Waals surface area contributed by atoms with Crippen molar-refractivity contribution in [2.24, 2.45) is 0 Å². The van der Waals surface area contributed by atoms with Crippen molar-refractivity contribution in [3.05, 3.63) is 58.7 Å². The van der Waals surface area contributed by atoms with E-state index in [4.69, 9.17) is 9.84 Å². The third-order valence-corrected chi connectivity index (χ3v) is 8.28. The van der Waals surface area contributed by atoms with Crippen LogP contribution in [0.4, 0.5) is 0 Å². The van der Waals surface area contributed by atoms with Crippen LogP contribution in [0.3, 0.4) is 0 Å². The molecule has 1 aliphatic heterocycles. The van der Waals surface area contributed by atoms with Gasteiger partial charge < -0.3 is 9.84 Å². The number of hydrogen-bond donors (Lipinski definition) is 1. The van der Waals surface area contributed by atoms with Crippen LogP contribution in [0.1, 0.15) is 86.8 Å². The van der Waals surface area contributed by atoms with Crippen molar-refractivity contribution in [3.63, 3.8) is 0 Å². The molecule has 33 heavy (non-hydrogen) atoms. The number of fused-ring (bicyclic) bond motifs is 1. The Morgan fingerprint density at radius 3 is 2.39 bits per heavy atom. The molecule has 0 amide bonds. The summed E-state index contributed by atoms with van der Waals surface area (Å²) >= 11 is 0. The average molecular weight is 471 g/mol. The highest BCUT2D eigenvalue weighted by Gasteiger charge is 2.41. The molecule has 3 rings (SSSR count). The summed E-state index contributed by atoms with van der Waals surface area (Å²) in [6, 6.07) is 10.3. The lowest BCUT2D eigenvalue weighted by atomic mass is 9.85. The van der Waals surface area contributed by atoms with Gasteiger partial charge in [0.2, 0.25) is 0 Å². The van der Waals surface area contributed by atoms with Gasteiger partial charge in [0.1, 0.15) is 5.75 Å². The Hall–Kier alpha value is -2.60. The molecular weight excluding hydrogens is 436 g/mol. The second-order valence-electron chi connectivity index (χ2n) is 9.50. The van der Waals surface area contributed by atoms with E-state index in [2.05, 4.69) is 6.92 Å². The van der Waals surface area contributed by atoms with Crippen LogP contribution < -0.4 is 4.74 Å². The molecule has 0 unspecified atom stereocenters. The van der Waals surface area contributed by atoms with Crippen molar-refractivity contribution in [2.45, 2.75) is 70.1 Å². The monoisotopic (exact) mass is 470 g/mol. The van der Waals surface area contributed by atoms with Crippen LogP contribution >= 0.6 is 0 Å². The molecule has 2 aromatic rings. The predicted molar refractivity (Wildman–Crippen MR) is 133 cm³/mol. The molecule has 0 saturated heterocycles. The molecule has 0 fully saturated rings. The quantitative estimate of drug-likeness (QED) is 0.323. The third kappa shape index (κ3) is 5.85. The lowest BCUT2D eigenvalue weighted by Crippen LogP contribution is -2.19. The smallest absolute Gasteiger partial charge is 0.335 e. The maximum atomic E-state index is 12.8. The standard InChI is InChI=1S/C27H34O5S/c1-5-6-7-8-9-14-32-24-17-25-23(27(3,4)18-33(25,30)31)16-22(24)19(2)15-20-10-12-21(13-11-20)26(28)29/h10-13,15-17H,5-9,14,18H2,1-4H3,(H,28,29)/b19-15-. The molecule has 0 aliphatic carbocycles. The van der Waals surface area contributed by atoms with E-state index >= 15 is 0 Å². The molecular formula is C27H34O5S. The lowest BCUT2D eigenvalue weighted by molar-refractivity contribution is 0.0697. The largest absolute Gasteiger partial charge is 0.493 e. The number of sulfone groups is 1. The van der Waals surface area contributed by atoms with Gasteiger partial charge in [0, 0.05) is 11.0 Å². The topological polar surface area (TPSA) is 80.7 Å².